The Morgan fingerprint density at radius 1 is 1.29 bits per heavy atom. The summed E-state index contributed by atoms with van der Waals surface area (Å²) in [5.41, 5.74) is 0.851. The molecule has 0 aliphatic heterocycles. The van der Waals surface area contributed by atoms with Crippen molar-refractivity contribution < 1.29 is 13.2 Å². The number of aromatic nitrogens is 2. The molecule has 0 radical (unpaired) electrons. The molecule has 3 nitrogen and oxygen atoms in total. The van der Waals surface area contributed by atoms with Crippen LogP contribution >= 0.6 is 0 Å². The molecular weight excluding hydrogens is 279 g/mol. The van der Waals surface area contributed by atoms with Gasteiger partial charge in [-0.1, -0.05) is 6.07 Å². The maximum absolute atomic E-state index is 12.9. The molecule has 112 valence electrons. The fourth-order valence-electron chi connectivity index (χ4n) is 2.19. The number of benzene rings is 1. The fraction of sp³-hybridized carbons (Fsp3) is 0.400. The standard InChI is InChI=1S/C15H16F3N3/c1-10-2-5-13(8-14(10)15(16,17)18)21-7-6-12(20-21)9-19-11-3-4-11/h2,5-8,11,19H,3-4,9H2,1H3. The lowest BCUT2D eigenvalue weighted by atomic mass is 10.1. The van der Waals surface area contributed by atoms with Gasteiger partial charge < -0.3 is 5.32 Å². The topological polar surface area (TPSA) is 29.9 Å². The van der Waals surface area contributed by atoms with Crippen LogP contribution in [0.15, 0.2) is 30.5 Å². The molecule has 21 heavy (non-hydrogen) atoms. The molecule has 1 N–H and O–H groups in total. The van der Waals surface area contributed by atoms with Crippen LogP contribution < -0.4 is 5.32 Å². The normalized spacial score (nSPS) is 15.4. The van der Waals surface area contributed by atoms with Gasteiger partial charge in [-0.2, -0.15) is 18.3 Å². The van der Waals surface area contributed by atoms with Gasteiger partial charge in [-0.05, 0) is 43.5 Å². The molecule has 1 aliphatic rings. The highest BCUT2D eigenvalue weighted by atomic mass is 19.4. The maximum Gasteiger partial charge on any atom is 0.416 e. The Hall–Kier alpha value is -1.82. The third-order valence-electron chi connectivity index (χ3n) is 3.58. The maximum atomic E-state index is 12.9. The lowest BCUT2D eigenvalue weighted by Gasteiger charge is -2.12. The zero-order chi connectivity index (χ0) is 15.0. The molecule has 0 bridgehead atoms. The Morgan fingerprint density at radius 3 is 2.71 bits per heavy atom. The predicted octanol–water partition coefficient (Wildman–Crippen LogP) is 3.45. The van der Waals surface area contributed by atoms with E-state index in [-0.39, 0.29) is 5.56 Å². The molecule has 0 unspecified atom stereocenters. The summed E-state index contributed by atoms with van der Waals surface area (Å²) in [6.07, 6.45) is -0.278. The van der Waals surface area contributed by atoms with Gasteiger partial charge in [0.1, 0.15) is 0 Å². The van der Waals surface area contributed by atoms with Gasteiger partial charge in [0, 0.05) is 18.8 Å². The second-order valence-electron chi connectivity index (χ2n) is 5.40. The first-order valence-corrected chi connectivity index (χ1v) is 6.89. The summed E-state index contributed by atoms with van der Waals surface area (Å²) in [5.74, 6) is 0. The average Bonchev–Trinajstić information content (AvgIpc) is 3.13. The number of alkyl halides is 3. The van der Waals surface area contributed by atoms with E-state index < -0.39 is 11.7 Å². The van der Waals surface area contributed by atoms with E-state index in [9.17, 15) is 13.2 Å². The van der Waals surface area contributed by atoms with Crippen molar-refractivity contribution in [1.82, 2.24) is 15.1 Å². The van der Waals surface area contributed by atoms with Crippen LogP contribution in [0.25, 0.3) is 5.69 Å². The molecule has 1 aliphatic carbocycles. The predicted molar refractivity (Wildman–Crippen MR) is 73.2 cm³/mol. The summed E-state index contributed by atoms with van der Waals surface area (Å²) in [4.78, 5) is 0. The van der Waals surface area contributed by atoms with Crippen molar-refractivity contribution in [2.75, 3.05) is 0 Å². The van der Waals surface area contributed by atoms with E-state index in [1.165, 1.54) is 30.5 Å². The molecule has 3 rings (SSSR count). The second kappa shape index (κ2) is 5.18. The Bertz CT molecular complexity index is 642. The lowest BCUT2D eigenvalue weighted by molar-refractivity contribution is -0.138. The summed E-state index contributed by atoms with van der Waals surface area (Å²) < 4.78 is 40.3. The third kappa shape index (κ3) is 3.26. The highest BCUT2D eigenvalue weighted by Gasteiger charge is 2.32. The Kier molecular flexibility index (Phi) is 3.49. The van der Waals surface area contributed by atoms with Crippen LogP contribution in [-0.2, 0) is 12.7 Å². The monoisotopic (exact) mass is 295 g/mol. The van der Waals surface area contributed by atoms with Gasteiger partial charge in [0.15, 0.2) is 0 Å². The van der Waals surface area contributed by atoms with Gasteiger partial charge in [0.25, 0.3) is 0 Å². The average molecular weight is 295 g/mol. The number of hydrogen-bond acceptors (Lipinski definition) is 2. The van der Waals surface area contributed by atoms with E-state index in [4.69, 9.17) is 0 Å². The molecule has 1 aromatic heterocycles. The number of aryl methyl sites for hydroxylation is 1. The summed E-state index contributed by atoms with van der Waals surface area (Å²) in [5, 5.41) is 7.65. The molecule has 0 saturated heterocycles. The minimum Gasteiger partial charge on any atom is -0.308 e. The first kappa shape index (κ1) is 14.1. The lowest BCUT2D eigenvalue weighted by Crippen LogP contribution is -2.15. The van der Waals surface area contributed by atoms with E-state index in [0.29, 0.717) is 18.3 Å². The minimum atomic E-state index is -4.34. The third-order valence-corrected chi connectivity index (χ3v) is 3.58. The van der Waals surface area contributed by atoms with E-state index in [1.54, 1.807) is 12.3 Å². The Morgan fingerprint density at radius 2 is 2.05 bits per heavy atom. The van der Waals surface area contributed by atoms with Crippen molar-refractivity contribution in [3.63, 3.8) is 0 Å². The molecule has 2 aromatic rings. The number of nitrogens with one attached hydrogen (secondary N) is 1. The molecule has 0 spiro atoms. The van der Waals surface area contributed by atoms with Crippen molar-refractivity contribution in [1.29, 1.82) is 0 Å². The molecule has 0 atom stereocenters. The van der Waals surface area contributed by atoms with E-state index in [0.717, 1.165) is 11.8 Å². The Labute approximate surface area is 120 Å². The summed E-state index contributed by atoms with van der Waals surface area (Å²) in [6, 6.07) is 6.66. The fourth-order valence-corrected chi connectivity index (χ4v) is 2.19. The van der Waals surface area contributed by atoms with Crippen LogP contribution in [-0.4, -0.2) is 15.8 Å². The summed E-state index contributed by atoms with van der Waals surface area (Å²) >= 11 is 0. The number of hydrogen-bond donors (Lipinski definition) is 1. The van der Waals surface area contributed by atoms with Crippen LogP contribution in [0.2, 0.25) is 0 Å². The molecule has 1 fully saturated rings. The molecule has 0 amide bonds. The SMILES string of the molecule is Cc1ccc(-n2ccc(CNC3CC3)n2)cc1C(F)(F)F. The highest BCUT2D eigenvalue weighted by Crippen LogP contribution is 2.33. The summed E-state index contributed by atoms with van der Waals surface area (Å²) in [6.45, 7) is 2.11. The van der Waals surface area contributed by atoms with Crippen molar-refractivity contribution in [2.24, 2.45) is 0 Å². The largest absolute Gasteiger partial charge is 0.416 e. The van der Waals surface area contributed by atoms with Crippen LogP contribution in [0.1, 0.15) is 29.7 Å². The second-order valence-corrected chi connectivity index (χ2v) is 5.40. The van der Waals surface area contributed by atoms with Crippen molar-refractivity contribution in [3.8, 4) is 5.69 Å². The summed E-state index contributed by atoms with van der Waals surface area (Å²) in [7, 11) is 0. The molecular formula is C15H16F3N3. The van der Waals surface area contributed by atoms with Crippen LogP contribution in [0, 0.1) is 6.92 Å². The molecule has 1 saturated carbocycles. The van der Waals surface area contributed by atoms with Gasteiger partial charge >= 0.3 is 6.18 Å². The smallest absolute Gasteiger partial charge is 0.308 e. The van der Waals surface area contributed by atoms with Gasteiger partial charge in [-0.3, -0.25) is 0 Å². The van der Waals surface area contributed by atoms with Crippen LogP contribution in [0.3, 0.4) is 0 Å². The Balaban J connectivity index is 1.82. The van der Waals surface area contributed by atoms with E-state index >= 15 is 0 Å². The molecule has 6 heteroatoms. The van der Waals surface area contributed by atoms with Gasteiger partial charge in [-0.15, -0.1) is 0 Å². The number of halogens is 3. The zero-order valence-corrected chi connectivity index (χ0v) is 11.6. The van der Waals surface area contributed by atoms with Gasteiger partial charge in [0.2, 0.25) is 0 Å². The quantitative estimate of drug-likeness (QED) is 0.936. The van der Waals surface area contributed by atoms with Crippen molar-refractivity contribution in [2.45, 2.75) is 38.5 Å². The van der Waals surface area contributed by atoms with Crippen LogP contribution in [0.4, 0.5) is 13.2 Å². The van der Waals surface area contributed by atoms with E-state index in [1.807, 2.05) is 6.07 Å². The molecule has 1 aromatic carbocycles. The van der Waals surface area contributed by atoms with Crippen molar-refractivity contribution in [3.05, 3.63) is 47.3 Å². The first-order chi connectivity index (χ1) is 9.93. The number of nitrogens with zero attached hydrogens (tertiary/aromatic N) is 2. The first-order valence-electron chi connectivity index (χ1n) is 6.89. The zero-order valence-electron chi connectivity index (χ0n) is 11.6. The molecule has 1 heterocycles. The number of rotatable bonds is 4. The highest BCUT2D eigenvalue weighted by molar-refractivity contribution is 5.41. The van der Waals surface area contributed by atoms with Crippen LogP contribution in [0.5, 0.6) is 0 Å². The van der Waals surface area contributed by atoms with E-state index in [2.05, 4.69) is 10.4 Å². The van der Waals surface area contributed by atoms with Gasteiger partial charge in [0.05, 0.1) is 16.9 Å². The van der Waals surface area contributed by atoms with Crippen molar-refractivity contribution >= 4 is 0 Å². The minimum absolute atomic E-state index is 0.217. The van der Waals surface area contributed by atoms with Gasteiger partial charge in [-0.25, -0.2) is 4.68 Å².